The van der Waals surface area contributed by atoms with E-state index < -0.39 is 0 Å². The summed E-state index contributed by atoms with van der Waals surface area (Å²) in [7, 11) is 1.67. The van der Waals surface area contributed by atoms with Crippen LogP contribution in [0.15, 0.2) is 54.9 Å². The second kappa shape index (κ2) is 6.17. The molecule has 2 atom stereocenters. The van der Waals surface area contributed by atoms with Crippen molar-refractivity contribution in [3.8, 4) is 5.75 Å². The normalized spacial score (nSPS) is 19.4. The summed E-state index contributed by atoms with van der Waals surface area (Å²) in [5.41, 5.74) is 2.24. The van der Waals surface area contributed by atoms with Crippen LogP contribution >= 0.6 is 11.6 Å². The van der Waals surface area contributed by atoms with E-state index in [1.807, 2.05) is 35.0 Å². The number of fused-ring (bicyclic) bond motifs is 1. The van der Waals surface area contributed by atoms with E-state index >= 15 is 0 Å². The van der Waals surface area contributed by atoms with Gasteiger partial charge in [0, 0.05) is 5.02 Å². The van der Waals surface area contributed by atoms with Gasteiger partial charge in [-0.3, -0.25) is 0 Å². The molecule has 1 aliphatic rings. The smallest absolute Gasteiger partial charge is 0.222 e. The number of aromatic nitrogens is 3. The van der Waals surface area contributed by atoms with Crippen LogP contribution in [0.5, 0.6) is 5.75 Å². The van der Waals surface area contributed by atoms with Crippen molar-refractivity contribution >= 4 is 17.5 Å². The average molecular weight is 341 g/mol. The van der Waals surface area contributed by atoms with E-state index in [0.29, 0.717) is 0 Å². The molecule has 2 aromatic carbocycles. The first-order valence-corrected chi connectivity index (χ1v) is 8.18. The van der Waals surface area contributed by atoms with Gasteiger partial charge in [-0.1, -0.05) is 41.9 Å². The van der Waals surface area contributed by atoms with Crippen molar-refractivity contribution < 1.29 is 4.74 Å². The zero-order valence-corrected chi connectivity index (χ0v) is 13.9. The van der Waals surface area contributed by atoms with E-state index in [1.54, 1.807) is 13.4 Å². The number of rotatable bonds is 3. The van der Waals surface area contributed by atoms with E-state index in [0.717, 1.165) is 28.7 Å². The summed E-state index contributed by atoms with van der Waals surface area (Å²) in [5, 5.41) is 8.58. The van der Waals surface area contributed by atoms with Gasteiger partial charge in [-0.2, -0.15) is 10.1 Å². The van der Waals surface area contributed by atoms with E-state index in [9.17, 15) is 0 Å². The van der Waals surface area contributed by atoms with Gasteiger partial charge in [0.2, 0.25) is 5.95 Å². The number of halogens is 1. The van der Waals surface area contributed by atoms with Crippen molar-refractivity contribution in [3.05, 3.63) is 71.0 Å². The highest BCUT2D eigenvalue weighted by molar-refractivity contribution is 6.31. The Balaban J connectivity index is 1.72. The Kier molecular flexibility index (Phi) is 3.86. The van der Waals surface area contributed by atoms with Gasteiger partial charge in [-0.15, -0.1) is 0 Å². The fourth-order valence-corrected chi connectivity index (χ4v) is 3.45. The van der Waals surface area contributed by atoms with Gasteiger partial charge in [0.15, 0.2) is 0 Å². The lowest BCUT2D eigenvalue weighted by molar-refractivity contribution is 0.411. The minimum Gasteiger partial charge on any atom is -0.497 e. The zero-order chi connectivity index (χ0) is 16.5. The molecule has 0 fully saturated rings. The number of anilines is 1. The molecule has 0 saturated heterocycles. The molecule has 1 N–H and O–H groups in total. The maximum Gasteiger partial charge on any atom is 0.222 e. The molecule has 3 aromatic rings. The number of hydrogen-bond donors (Lipinski definition) is 1. The molecule has 0 aliphatic carbocycles. The predicted molar refractivity (Wildman–Crippen MR) is 93.6 cm³/mol. The molecular formula is C18H17ClN4O. The van der Waals surface area contributed by atoms with E-state index in [1.165, 1.54) is 5.56 Å². The topological polar surface area (TPSA) is 52.0 Å². The highest BCUT2D eigenvalue weighted by Gasteiger charge is 2.30. The Morgan fingerprint density at radius 1 is 1.17 bits per heavy atom. The molecular weight excluding hydrogens is 324 g/mol. The number of methoxy groups -OCH3 is 1. The minimum atomic E-state index is 0.0856. The third-order valence-electron chi connectivity index (χ3n) is 4.41. The summed E-state index contributed by atoms with van der Waals surface area (Å²) >= 11 is 6.39. The van der Waals surface area contributed by atoms with Gasteiger partial charge >= 0.3 is 0 Å². The molecule has 6 heteroatoms. The molecule has 0 bridgehead atoms. The second-order valence-corrected chi connectivity index (χ2v) is 6.18. The van der Waals surface area contributed by atoms with E-state index in [4.69, 9.17) is 16.3 Å². The number of nitrogens with zero attached hydrogens (tertiary/aromatic N) is 3. The minimum absolute atomic E-state index is 0.0856. The van der Waals surface area contributed by atoms with Crippen molar-refractivity contribution in [1.82, 2.24) is 14.8 Å². The maximum atomic E-state index is 6.39. The molecule has 5 nitrogen and oxygen atoms in total. The van der Waals surface area contributed by atoms with Gasteiger partial charge in [-0.05, 0) is 35.7 Å². The van der Waals surface area contributed by atoms with Crippen molar-refractivity contribution in [3.63, 3.8) is 0 Å². The van der Waals surface area contributed by atoms with Gasteiger partial charge in [0.1, 0.15) is 12.1 Å². The standard InChI is InChI=1S/C18H17ClN4O/c1-24-13-8-6-12(7-9-13)17-10-16(14-4-2-3-5-15(14)19)22-18-20-11-21-23(17)18/h2-9,11,16-17H,10H2,1H3,(H,20,21,22)/t16-,17-/m0/s1. The Bertz CT molecular complexity index is 846. The summed E-state index contributed by atoms with van der Waals surface area (Å²) in [6, 6.07) is 16.2. The quantitative estimate of drug-likeness (QED) is 0.780. The highest BCUT2D eigenvalue weighted by Crippen LogP contribution is 2.39. The first-order valence-electron chi connectivity index (χ1n) is 7.80. The Morgan fingerprint density at radius 3 is 2.71 bits per heavy atom. The number of benzene rings is 2. The van der Waals surface area contributed by atoms with Crippen LogP contribution in [0.4, 0.5) is 5.95 Å². The van der Waals surface area contributed by atoms with Crippen molar-refractivity contribution in [2.45, 2.75) is 18.5 Å². The molecule has 2 heterocycles. The summed E-state index contributed by atoms with van der Waals surface area (Å²) in [6.07, 6.45) is 2.42. The van der Waals surface area contributed by atoms with Crippen molar-refractivity contribution in [2.75, 3.05) is 12.4 Å². The molecule has 1 aliphatic heterocycles. The average Bonchev–Trinajstić information content (AvgIpc) is 3.10. The van der Waals surface area contributed by atoms with Crippen LogP contribution in [0, 0.1) is 0 Å². The molecule has 0 amide bonds. The van der Waals surface area contributed by atoms with Crippen LogP contribution in [-0.4, -0.2) is 21.9 Å². The van der Waals surface area contributed by atoms with Crippen LogP contribution in [-0.2, 0) is 0 Å². The van der Waals surface area contributed by atoms with Crippen LogP contribution in [0.2, 0.25) is 5.02 Å². The lowest BCUT2D eigenvalue weighted by Crippen LogP contribution is -2.28. The number of nitrogens with one attached hydrogen (secondary N) is 1. The van der Waals surface area contributed by atoms with Gasteiger partial charge in [0.05, 0.1) is 19.2 Å². The maximum absolute atomic E-state index is 6.39. The van der Waals surface area contributed by atoms with Crippen LogP contribution in [0.3, 0.4) is 0 Å². The molecule has 0 unspecified atom stereocenters. The second-order valence-electron chi connectivity index (χ2n) is 5.77. The van der Waals surface area contributed by atoms with Crippen LogP contribution < -0.4 is 10.1 Å². The van der Waals surface area contributed by atoms with Crippen LogP contribution in [0.1, 0.15) is 29.6 Å². The Morgan fingerprint density at radius 2 is 1.96 bits per heavy atom. The third kappa shape index (κ3) is 2.61. The first-order chi connectivity index (χ1) is 11.8. The molecule has 1 aromatic heterocycles. The van der Waals surface area contributed by atoms with Crippen molar-refractivity contribution in [2.24, 2.45) is 0 Å². The Labute approximate surface area is 145 Å². The highest BCUT2D eigenvalue weighted by atomic mass is 35.5. The third-order valence-corrected chi connectivity index (χ3v) is 4.76. The van der Waals surface area contributed by atoms with Crippen LogP contribution in [0.25, 0.3) is 0 Å². The van der Waals surface area contributed by atoms with Gasteiger partial charge < -0.3 is 10.1 Å². The Hall–Kier alpha value is -2.53. The number of hydrogen-bond acceptors (Lipinski definition) is 4. The molecule has 0 spiro atoms. The first kappa shape index (κ1) is 15.0. The number of ether oxygens (including phenoxy) is 1. The fourth-order valence-electron chi connectivity index (χ4n) is 3.19. The SMILES string of the molecule is COc1ccc([C@@H]2C[C@@H](c3ccccc3Cl)Nc3ncnn32)cc1. The summed E-state index contributed by atoms with van der Waals surface area (Å²) in [6.45, 7) is 0. The molecule has 24 heavy (non-hydrogen) atoms. The van der Waals surface area contributed by atoms with E-state index in [2.05, 4.69) is 33.6 Å². The monoisotopic (exact) mass is 340 g/mol. The summed E-state index contributed by atoms with van der Waals surface area (Å²) in [4.78, 5) is 4.34. The lowest BCUT2D eigenvalue weighted by atomic mass is 9.93. The molecule has 122 valence electrons. The molecule has 0 radical (unpaired) electrons. The van der Waals surface area contributed by atoms with Gasteiger partial charge in [0.25, 0.3) is 0 Å². The van der Waals surface area contributed by atoms with Gasteiger partial charge in [-0.25, -0.2) is 4.68 Å². The van der Waals surface area contributed by atoms with E-state index in [-0.39, 0.29) is 12.1 Å². The zero-order valence-electron chi connectivity index (χ0n) is 13.2. The fraction of sp³-hybridized carbons (Fsp3) is 0.222. The molecule has 4 rings (SSSR count). The summed E-state index contributed by atoms with van der Waals surface area (Å²) < 4.78 is 7.18. The van der Waals surface area contributed by atoms with Crippen molar-refractivity contribution in [1.29, 1.82) is 0 Å². The predicted octanol–water partition coefficient (Wildman–Crippen LogP) is 4.09. The largest absolute Gasteiger partial charge is 0.497 e. The molecule has 0 saturated carbocycles. The summed E-state index contributed by atoms with van der Waals surface area (Å²) in [5.74, 6) is 1.60. The lowest BCUT2D eigenvalue weighted by Gasteiger charge is -2.32.